The van der Waals surface area contributed by atoms with Gasteiger partial charge in [-0.25, -0.2) is 4.79 Å². The summed E-state index contributed by atoms with van der Waals surface area (Å²) in [6.07, 6.45) is 4.88. The van der Waals surface area contributed by atoms with Crippen LogP contribution < -0.4 is 0 Å². The summed E-state index contributed by atoms with van der Waals surface area (Å²) in [6.45, 7) is 2.04. The van der Waals surface area contributed by atoms with Gasteiger partial charge in [0.2, 0.25) is 0 Å². The molecule has 0 heterocycles. The number of hydrogen-bond acceptors (Lipinski definition) is 1. The van der Waals surface area contributed by atoms with Gasteiger partial charge in [-0.05, 0) is 24.1 Å². The van der Waals surface area contributed by atoms with Crippen molar-refractivity contribution in [1.29, 1.82) is 0 Å². The smallest absolute Gasteiger partial charge is 0.335 e. The lowest BCUT2D eigenvalue weighted by molar-refractivity contribution is 0.0697. The zero-order valence-electron chi connectivity index (χ0n) is 7.53. The molecule has 1 aromatic rings. The fourth-order valence-electron chi connectivity index (χ4n) is 1.03. The summed E-state index contributed by atoms with van der Waals surface area (Å²) < 4.78 is 0. The Morgan fingerprint density at radius 3 is 2.92 bits per heavy atom. The van der Waals surface area contributed by atoms with E-state index >= 15 is 0 Å². The molecule has 1 aromatic carbocycles. The highest BCUT2D eigenvalue weighted by Gasteiger charge is 2.00. The van der Waals surface area contributed by atoms with E-state index in [1.165, 1.54) is 0 Å². The van der Waals surface area contributed by atoms with Crippen LogP contribution in [0.5, 0.6) is 0 Å². The molecule has 0 aliphatic carbocycles. The number of aromatic carboxylic acids is 1. The fourth-order valence-corrected chi connectivity index (χ4v) is 1.03. The van der Waals surface area contributed by atoms with Gasteiger partial charge in [-0.3, -0.25) is 0 Å². The van der Waals surface area contributed by atoms with Crippen LogP contribution in [0.1, 0.15) is 29.3 Å². The predicted octanol–water partition coefficient (Wildman–Crippen LogP) is 2.81. The lowest BCUT2D eigenvalue weighted by Crippen LogP contribution is -1.95. The highest BCUT2D eigenvalue weighted by atomic mass is 16.4. The number of allylic oxidation sites excluding steroid dienone is 1. The van der Waals surface area contributed by atoms with Crippen molar-refractivity contribution >= 4 is 12.0 Å². The average Bonchev–Trinajstić information content (AvgIpc) is 2.15. The molecule has 0 fully saturated rings. The van der Waals surface area contributed by atoms with Crippen molar-refractivity contribution in [1.82, 2.24) is 0 Å². The summed E-state index contributed by atoms with van der Waals surface area (Å²) in [5.74, 6) is -0.883. The monoisotopic (exact) mass is 176 g/mol. The normalized spacial score (nSPS) is 10.5. The van der Waals surface area contributed by atoms with Crippen LogP contribution in [0, 0.1) is 0 Å². The van der Waals surface area contributed by atoms with Gasteiger partial charge in [-0.1, -0.05) is 31.2 Å². The first-order valence-electron chi connectivity index (χ1n) is 4.24. The number of hydrogen-bond donors (Lipinski definition) is 1. The van der Waals surface area contributed by atoms with Crippen LogP contribution in [-0.2, 0) is 0 Å². The summed E-state index contributed by atoms with van der Waals surface area (Å²) in [5.41, 5.74) is 1.26. The molecule has 0 saturated heterocycles. The Bertz CT molecular complexity index is 327. The number of rotatable bonds is 3. The SMILES string of the molecule is CCC=Cc1cccc(C(=O)O)c1. The van der Waals surface area contributed by atoms with Crippen molar-refractivity contribution in [3.8, 4) is 0 Å². The molecule has 0 bridgehead atoms. The van der Waals surface area contributed by atoms with E-state index in [1.807, 2.05) is 25.1 Å². The first-order valence-corrected chi connectivity index (χ1v) is 4.24. The van der Waals surface area contributed by atoms with Gasteiger partial charge in [-0.15, -0.1) is 0 Å². The second kappa shape index (κ2) is 4.45. The van der Waals surface area contributed by atoms with Gasteiger partial charge in [0.15, 0.2) is 0 Å². The standard InChI is InChI=1S/C11H12O2/c1-2-3-5-9-6-4-7-10(8-9)11(12)13/h3-8H,2H2,1H3,(H,12,13). The van der Waals surface area contributed by atoms with Crippen molar-refractivity contribution in [2.45, 2.75) is 13.3 Å². The van der Waals surface area contributed by atoms with Crippen LogP contribution in [-0.4, -0.2) is 11.1 Å². The van der Waals surface area contributed by atoms with E-state index in [0.29, 0.717) is 5.56 Å². The van der Waals surface area contributed by atoms with Gasteiger partial charge in [-0.2, -0.15) is 0 Å². The molecule has 0 atom stereocenters. The topological polar surface area (TPSA) is 37.3 Å². The molecular formula is C11H12O2. The van der Waals surface area contributed by atoms with Crippen molar-refractivity contribution in [3.63, 3.8) is 0 Å². The van der Waals surface area contributed by atoms with Gasteiger partial charge >= 0.3 is 5.97 Å². The van der Waals surface area contributed by atoms with Crippen LogP contribution in [0.2, 0.25) is 0 Å². The third-order valence-corrected chi connectivity index (χ3v) is 1.68. The lowest BCUT2D eigenvalue weighted by Gasteiger charge is -1.95. The zero-order chi connectivity index (χ0) is 9.68. The van der Waals surface area contributed by atoms with Crippen molar-refractivity contribution in [2.24, 2.45) is 0 Å². The minimum Gasteiger partial charge on any atom is -0.478 e. The maximum Gasteiger partial charge on any atom is 0.335 e. The summed E-state index contributed by atoms with van der Waals surface area (Å²) in [6, 6.07) is 6.89. The molecule has 1 rings (SSSR count). The number of carboxylic acid groups (broad SMARTS) is 1. The molecule has 0 saturated carbocycles. The Balaban J connectivity index is 2.92. The molecule has 13 heavy (non-hydrogen) atoms. The minimum absolute atomic E-state index is 0.332. The molecule has 2 nitrogen and oxygen atoms in total. The van der Waals surface area contributed by atoms with E-state index in [1.54, 1.807) is 18.2 Å². The zero-order valence-corrected chi connectivity index (χ0v) is 7.53. The molecule has 0 unspecified atom stereocenters. The minimum atomic E-state index is -0.883. The molecular weight excluding hydrogens is 164 g/mol. The van der Waals surface area contributed by atoms with E-state index < -0.39 is 5.97 Å². The quantitative estimate of drug-likeness (QED) is 0.768. The Labute approximate surface area is 77.5 Å². The maximum absolute atomic E-state index is 10.6. The first kappa shape index (κ1) is 9.52. The lowest BCUT2D eigenvalue weighted by atomic mass is 10.1. The molecule has 0 radical (unpaired) electrons. The Kier molecular flexibility index (Phi) is 3.26. The van der Waals surface area contributed by atoms with E-state index in [4.69, 9.17) is 5.11 Å². The Morgan fingerprint density at radius 2 is 2.31 bits per heavy atom. The second-order valence-electron chi connectivity index (χ2n) is 2.74. The van der Waals surface area contributed by atoms with Crippen LogP contribution in [0.4, 0.5) is 0 Å². The van der Waals surface area contributed by atoms with Crippen LogP contribution in [0.3, 0.4) is 0 Å². The average molecular weight is 176 g/mol. The number of carboxylic acids is 1. The van der Waals surface area contributed by atoms with E-state index in [0.717, 1.165) is 12.0 Å². The molecule has 0 amide bonds. The van der Waals surface area contributed by atoms with Crippen molar-refractivity contribution in [3.05, 3.63) is 41.5 Å². The highest BCUT2D eigenvalue weighted by molar-refractivity contribution is 5.88. The van der Waals surface area contributed by atoms with Gasteiger partial charge < -0.3 is 5.11 Å². The predicted molar refractivity (Wildman–Crippen MR) is 52.7 cm³/mol. The summed E-state index contributed by atoms with van der Waals surface area (Å²) >= 11 is 0. The molecule has 1 N–H and O–H groups in total. The Hall–Kier alpha value is -1.57. The molecule has 2 heteroatoms. The third kappa shape index (κ3) is 2.75. The fraction of sp³-hybridized carbons (Fsp3) is 0.182. The highest BCUT2D eigenvalue weighted by Crippen LogP contribution is 2.07. The van der Waals surface area contributed by atoms with Crippen molar-refractivity contribution in [2.75, 3.05) is 0 Å². The summed E-state index contributed by atoms with van der Waals surface area (Å²) in [7, 11) is 0. The van der Waals surface area contributed by atoms with Gasteiger partial charge in [0.05, 0.1) is 5.56 Å². The second-order valence-corrected chi connectivity index (χ2v) is 2.74. The molecule has 68 valence electrons. The molecule has 0 aromatic heterocycles. The van der Waals surface area contributed by atoms with E-state index in [9.17, 15) is 4.79 Å². The van der Waals surface area contributed by atoms with Crippen LogP contribution >= 0.6 is 0 Å². The maximum atomic E-state index is 10.6. The van der Waals surface area contributed by atoms with E-state index in [2.05, 4.69) is 0 Å². The Morgan fingerprint density at radius 1 is 1.54 bits per heavy atom. The molecule has 0 aliphatic heterocycles. The van der Waals surface area contributed by atoms with Crippen LogP contribution in [0.15, 0.2) is 30.3 Å². The molecule has 0 spiro atoms. The largest absolute Gasteiger partial charge is 0.478 e. The first-order chi connectivity index (χ1) is 6.24. The number of benzene rings is 1. The van der Waals surface area contributed by atoms with Gasteiger partial charge in [0, 0.05) is 0 Å². The van der Waals surface area contributed by atoms with Crippen LogP contribution in [0.25, 0.3) is 6.08 Å². The number of carbonyl (C=O) groups is 1. The van der Waals surface area contributed by atoms with E-state index in [-0.39, 0.29) is 0 Å². The molecule has 0 aliphatic rings. The summed E-state index contributed by atoms with van der Waals surface area (Å²) in [5, 5.41) is 8.71. The summed E-state index contributed by atoms with van der Waals surface area (Å²) in [4.78, 5) is 10.6. The third-order valence-electron chi connectivity index (χ3n) is 1.68. The van der Waals surface area contributed by atoms with Gasteiger partial charge in [0.1, 0.15) is 0 Å². The van der Waals surface area contributed by atoms with Crippen molar-refractivity contribution < 1.29 is 9.90 Å². The van der Waals surface area contributed by atoms with Gasteiger partial charge in [0.25, 0.3) is 0 Å².